The average molecular weight is 247 g/mol. The first-order chi connectivity index (χ1) is 9.22. The molecule has 0 unspecified atom stereocenters. The van der Waals surface area contributed by atoms with Crippen molar-refractivity contribution in [2.45, 2.75) is 0 Å². The van der Waals surface area contributed by atoms with E-state index in [2.05, 4.69) is 10.2 Å². The number of hydrogen-bond donors (Lipinski definition) is 1. The lowest BCUT2D eigenvalue weighted by molar-refractivity contribution is 1.23. The summed E-state index contributed by atoms with van der Waals surface area (Å²) < 4.78 is 0. The van der Waals surface area contributed by atoms with Crippen molar-refractivity contribution in [3.63, 3.8) is 0 Å². The maximum atomic E-state index is 8.86. The van der Waals surface area contributed by atoms with Crippen LogP contribution in [0.1, 0.15) is 11.1 Å². The molecule has 0 atom stereocenters. The molecule has 0 radical (unpaired) electrons. The first kappa shape index (κ1) is 12.3. The number of azo groups is 1. The van der Waals surface area contributed by atoms with Crippen LogP contribution >= 0.6 is 0 Å². The molecule has 0 aromatic heterocycles. The molecule has 5 nitrogen and oxygen atoms in total. The smallest absolute Gasteiger partial charge is 0.101 e. The van der Waals surface area contributed by atoms with E-state index in [1.54, 1.807) is 42.5 Å². The minimum atomic E-state index is 0.363. The Morgan fingerprint density at radius 2 is 1.63 bits per heavy atom. The Bertz CT molecular complexity index is 719. The zero-order valence-corrected chi connectivity index (χ0v) is 9.91. The van der Waals surface area contributed by atoms with Crippen LogP contribution in [0.4, 0.5) is 17.1 Å². The highest BCUT2D eigenvalue weighted by Crippen LogP contribution is 2.22. The number of rotatable bonds is 2. The van der Waals surface area contributed by atoms with Crippen molar-refractivity contribution >= 4 is 17.1 Å². The van der Waals surface area contributed by atoms with Crippen LogP contribution in [0.3, 0.4) is 0 Å². The molecular weight excluding hydrogens is 238 g/mol. The summed E-state index contributed by atoms with van der Waals surface area (Å²) in [6.07, 6.45) is 0. The number of benzene rings is 2. The Kier molecular flexibility index (Phi) is 3.51. The Hall–Kier alpha value is -3.18. The topological polar surface area (TPSA) is 98.3 Å². The van der Waals surface area contributed by atoms with Gasteiger partial charge in [-0.1, -0.05) is 6.07 Å². The quantitative estimate of drug-likeness (QED) is 0.650. The molecule has 5 heteroatoms. The van der Waals surface area contributed by atoms with E-state index in [0.29, 0.717) is 28.2 Å². The van der Waals surface area contributed by atoms with Gasteiger partial charge < -0.3 is 5.73 Å². The van der Waals surface area contributed by atoms with E-state index in [9.17, 15) is 0 Å². The molecule has 0 heterocycles. The van der Waals surface area contributed by atoms with E-state index < -0.39 is 0 Å². The number of nitrogens with zero attached hydrogens (tertiary/aromatic N) is 4. The summed E-state index contributed by atoms with van der Waals surface area (Å²) >= 11 is 0. The van der Waals surface area contributed by atoms with Gasteiger partial charge >= 0.3 is 0 Å². The zero-order valence-electron chi connectivity index (χ0n) is 9.91. The van der Waals surface area contributed by atoms with Gasteiger partial charge in [-0.15, -0.1) is 0 Å². The van der Waals surface area contributed by atoms with Gasteiger partial charge in [-0.2, -0.15) is 20.8 Å². The third-order valence-electron chi connectivity index (χ3n) is 2.41. The molecule has 0 fully saturated rings. The van der Waals surface area contributed by atoms with Gasteiger partial charge in [-0.3, -0.25) is 0 Å². The van der Waals surface area contributed by atoms with Crippen molar-refractivity contribution < 1.29 is 0 Å². The molecule has 0 spiro atoms. The van der Waals surface area contributed by atoms with Crippen molar-refractivity contribution in [2.75, 3.05) is 5.73 Å². The van der Waals surface area contributed by atoms with Crippen LogP contribution < -0.4 is 5.73 Å². The molecule has 2 rings (SSSR count). The van der Waals surface area contributed by atoms with Gasteiger partial charge in [0.15, 0.2) is 0 Å². The fourth-order valence-electron chi connectivity index (χ4n) is 1.46. The zero-order chi connectivity index (χ0) is 13.7. The molecule has 0 saturated heterocycles. The molecule has 0 amide bonds. The van der Waals surface area contributed by atoms with Crippen LogP contribution in [0.2, 0.25) is 0 Å². The van der Waals surface area contributed by atoms with E-state index >= 15 is 0 Å². The molecule has 0 saturated carbocycles. The van der Waals surface area contributed by atoms with E-state index in [4.69, 9.17) is 16.3 Å². The van der Waals surface area contributed by atoms with Crippen LogP contribution in [-0.4, -0.2) is 0 Å². The highest BCUT2D eigenvalue weighted by Gasteiger charge is 1.99. The van der Waals surface area contributed by atoms with Gasteiger partial charge in [-0.05, 0) is 36.4 Å². The van der Waals surface area contributed by atoms with Gasteiger partial charge in [0.1, 0.15) is 6.07 Å². The van der Waals surface area contributed by atoms with Crippen LogP contribution in [0.25, 0.3) is 0 Å². The molecule has 19 heavy (non-hydrogen) atoms. The minimum Gasteiger partial charge on any atom is -0.398 e. The number of hydrogen-bond acceptors (Lipinski definition) is 5. The Labute approximate surface area is 110 Å². The van der Waals surface area contributed by atoms with E-state index in [1.165, 1.54) is 0 Å². The van der Waals surface area contributed by atoms with E-state index in [1.807, 2.05) is 12.1 Å². The van der Waals surface area contributed by atoms with Gasteiger partial charge in [0.05, 0.1) is 28.6 Å². The number of anilines is 1. The van der Waals surface area contributed by atoms with Crippen LogP contribution in [0.5, 0.6) is 0 Å². The summed E-state index contributed by atoms with van der Waals surface area (Å²) in [5.41, 5.74) is 8.02. The summed E-state index contributed by atoms with van der Waals surface area (Å²) in [6, 6.07) is 15.7. The molecule has 0 aliphatic rings. The molecule has 0 bridgehead atoms. The van der Waals surface area contributed by atoms with Crippen LogP contribution in [0.15, 0.2) is 52.7 Å². The fourth-order valence-corrected chi connectivity index (χ4v) is 1.46. The monoisotopic (exact) mass is 247 g/mol. The normalized spacial score (nSPS) is 10.0. The van der Waals surface area contributed by atoms with Crippen molar-refractivity contribution in [2.24, 2.45) is 10.2 Å². The molecule has 0 aliphatic carbocycles. The summed E-state index contributed by atoms with van der Waals surface area (Å²) in [5, 5.41) is 25.7. The summed E-state index contributed by atoms with van der Waals surface area (Å²) in [4.78, 5) is 0. The van der Waals surface area contributed by atoms with Crippen LogP contribution in [0, 0.1) is 22.7 Å². The summed E-state index contributed by atoms with van der Waals surface area (Å²) in [5.74, 6) is 0. The van der Waals surface area contributed by atoms with Crippen molar-refractivity contribution in [1.82, 2.24) is 0 Å². The third-order valence-corrected chi connectivity index (χ3v) is 2.41. The van der Waals surface area contributed by atoms with Gasteiger partial charge in [0, 0.05) is 5.69 Å². The number of nitrogens with two attached hydrogens (primary N) is 1. The molecule has 90 valence electrons. The second-order valence-corrected chi connectivity index (χ2v) is 3.75. The van der Waals surface area contributed by atoms with E-state index in [0.717, 1.165) is 0 Å². The Morgan fingerprint density at radius 3 is 2.32 bits per heavy atom. The van der Waals surface area contributed by atoms with E-state index in [-0.39, 0.29) is 0 Å². The second-order valence-electron chi connectivity index (χ2n) is 3.75. The van der Waals surface area contributed by atoms with Gasteiger partial charge in [-0.25, -0.2) is 0 Å². The lowest BCUT2D eigenvalue weighted by atomic mass is 10.2. The van der Waals surface area contributed by atoms with Gasteiger partial charge in [0.25, 0.3) is 0 Å². The lowest BCUT2D eigenvalue weighted by Crippen LogP contribution is -1.88. The fraction of sp³-hybridized carbons (Fsp3) is 0. The summed E-state index contributed by atoms with van der Waals surface area (Å²) in [7, 11) is 0. The number of nitriles is 2. The first-order valence-electron chi connectivity index (χ1n) is 5.44. The molecule has 2 aromatic carbocycles. The average Bonchev–Trinajstić information content (AvgIpc) is 2.46. The largest absolute Gasteiger partial charge is 0.398 e. The molecule has 2 N–H and O–H groups in total. The molecule has 0 aliphatic heterocycles. The maximum absolute atomic E-state index is 8.86. The second kappa shape index (κ2) is 5.44. The highest BCUT2D eigenvalue weighted by atomic mass is 15.1. The predicted molar refractivity (Wildman–Crippen MR) is 70.9 cm³/mol. The molecular formula is C14H9N5. The third kappa shape index (κ3) is 2.93. The summed E-state index contributed by atoms with van der Waals surface area (Å²) in [6.45, 7) is 0. The Morgan fingerprint density at radius 1 is 0.895 bits per heavy atom. The first-order valence-corrected chi connectivity index (χ1v) is 5.44. The lowest BCUT2D eigenvalue weighted by Gasteiger charge is -1.98. The molecule has 2 aromatic rings. The van der Waals surface area contributed by atoms with Crippen molar-refractivity contribution in [1.29, 1.82) is 10.5 Å². The number of nitrogen functional groups attached to an aromatic ring is 1. The minimum absolute atomic E-state index is 0.363. The predicted octanol–water partition coefficient (Wildman–Crippen LogP) is 3.43. The Balaban J connectivity index is 2.28. The maximum Gasteiger partial charge on any atom is 0.101 e. The highest BCUT2D eigenvalue weighted by molar-refractivity contribution is 5.60. The van der Waals surface area contributed by atoms with Crippen molar-refractivity contribution in [3.05, 3.63) is 53.6 Å². The van der Waals surface area contributed by atoms with Gasteiger partial charge in [0.2, 0.25) is 0 Å². The SMILES string of the molecule is N#Cc1cccc(/N=N/c2ccc(N)c(C#N)c2)c1. The van der Waals surface area contributed by atoms with Crippen molar-refractivity contribution in [3.8, 4) is 12.1 Å². The standard InChI is InChI=1S/C14H9N5/c15-8-10-2-1-3-12(6-10)18-19-13-4-5-14(17)11(7-13)9-16/h1-7H,17H2/b19-18+. The van der Waals surface area contributed by atoms with Crippen LogP contribution in [-0.2, 0) is 0 Å².